The van der Waals surface area contributed by atoms with Gasteiger partial charge in [0.05, 0.1) is 12.1 Å². The van der Waals surface area contributed by atoms with E-state index in [0.717, 1.165) is 5.56 Å². The maximum Gasteiger partial charge on any atom is 0.141 e. The molecule has 5 heteroatoms. The molecule has 0 heterocycles. The molecule has 0 spiro atoms. The first-order valence-corrected chi connectivity index (χ1v) is 6.90. The van der Waals surface area contributed by atoms with Gasteiger partial charge in [-0.05, 0) is 36.8 Å². The molecule has 1 unspecified atom stereocenters. The van der Waals surface area contributed by atoms with Crippen LogP contribution in [0.15, 0.2) is 36.4 Å². The summed E-state index contributed by atoms with van der Waals surface area (Å²) in [6, 6.07) is 8.95. The van der Waals surface area contributed by atoms with Crippen molar-refractivity contribution in [3.8, 4) is 5.75 Å². The van der Waals surface area contributed by atoms with Crippen LogP contribution in [-0.4, -0.2) is 7.11 Å². The van der Waals surface area contributed by atoms with Gasteiger partial charge in [0.25, 0.3) is 0 Å². The van der Waals surface area contributed by atoms with E-state index in [1.165, 1.54) is 19.2 Å². The van der Waals surface area contributed by atoms with Gasteiger partial charge in [0.15, 0.2) is 0 Å². The summed E-state index contributed by atoms with van der Waals surface area (Å²) in [7, 11) is 1.50. The van der Waals surface area contributed by atoms with Crippen molar-refractivity contribution in [2.75, 3.05) is 7.11 Å². The Morgan fingerprint density at radius 2 is 1.95 bits per heavy atom. The Morgan fingerprint density at radius 3 is 2.62 bits per heavy atom. The molecule has 0 aliphatic carbocycles. The van der Waals surface area contributed by atoms with Gasteiger partial charge in [-0.25, -0.2) is 8.78 Å². The van der Waals surface area contributed by atoms with Crippen LogP contribution in [0.2, 0.25) is 5.02 Å². The molecule has 2 aromatic carbocycles. The molecule has 0 amide bonds. The molecule has 0 radical (unpaired) electrons. The molecule has 0 aromatic heterocycles. The lowest BCUT2D eigenvalue weighted by molar-refractivity contribution is 0.393. The van der Waals surface area contributed by atoms with Crippen LogP contribution in [0.5, 0.6) is 5.75 Å². The smallest absolute Gasteiger partial charge is 0.141 e. The predicted molar refractivity (Wildman–Crippen MR) is 79.6 cm³/mol. The van der Waals surface area contributed by atoms with E-state index in [0.29, 0.717) is 17.9 Å². The maximum atomic E-state index is 13.9. The Balaban J connectivity index is 2.11. The Bertz CT molecular complexity index is 634. The predicted octanol–water partition coefficient (Wildman–Crippen LogP) is 4.48. The zero-order valence-corrected chi connectivity index (χ0v) is 12.5. The molecule has 1 N–H and O–H groups in total. The van der Waals surface area contributed by atoms with Gasteiger partial charge in [-0.1, -0.05) is 23.7 Å². The van der Waals surface area contributed by atoms with Gasteiger partial charge in [0, 0.05) is 18.2 Å². The molecule has 0 saturated carbocycles. The van der Waals surface area contributed by atoms with Crippen molar-refractivity contribution in [3.05, 3.63) is 64.2 Å². The number of ether oxygens (including phenoxy) is 1. The minimum absolute atomic E-state index is 0.0745. The van der Waals surface area contributed by atoms with E-state index < -0.39 is 5.82 Å². The van der Waals surface area contributed by atoms with E-state index in [1.54, 1.807) is 24.3 Å². The second kappa shape index (κ2) is 6.87. The third-order valence-corrected chi connectivity index (χ3v) is 3.55. The van der Waals surface area contributed by atoms with Gasteiger partial charge in [-0.2, -0.15) is 0 Å². The summed E-state index contributed by atoms with van der Waals surface area (Å²) in [5.74, 6) is -0.289. The summed E-state index contributed by atoms with van der Waals surface area (Å²) < 4.78 is 32.2. The highest BCUT2D eigenvalue weighted by molar-refractivity contribution is 6.30. The SMILES string of the molecule is COc1cccc(F)c1C(C)NCc1ccc(F)c(Cl)c1. The van der Waals surface area contributed by atoms with Crippen LogP contribution in [0, 0.1) is 11.6 Å². The van der Waals surface area contributed by atoms with Crippen molar-refractivity contribution in [1.82, 2.24) is 5.32 Å². The van der Waals surface area contributed by atoms with Crippen molar-refractivity contribution in [3.63, 3.8) is 0 Å². The molecule has 2 nitrogen and oxygen atoms in total. The van der Waals surface area contributed by atoms with Gasteiger partial charge >= 0.3 is 0 Å². The summed E-state index contributed by atoms with van der Waals surface area (Å²) in [4.78, 5) is 0. The summed E-state index contributed by atoms with van der Waals surface area (Å²) >= 11 is 5.74. The van der Waals surface area contributed by atoms with Crippen molar-refractivity contribution in [2.24, 2.45) is 0 Å². The molecule has 0 saturated heterocycles. The van der Waals surface area contributed by atoms with Crippen LogP contribution in [0.1, 0.15) is 24.1 Å². The quantitative estimate of drug-likeness (QED) is 0.879. The van der Waals surface area contributed by atoms with Crippen LogP contribution < -0.4 is 10.1 Å². The molecule has 0 aliphatic rings. The lowest BCUT2D eigenvalue weighted by atomic mass is 10.1. The molecule has 0 aliphatic heterocycles. The van der Waals surface area contributed by atoms with Crippen LogP contribution in [0.3, 0.4) is 0 Å². The zero-order valence-electron chi connectivity index (χ0n) is 11.8. The number of benzene rings is 2. The van der Waals surface area contributed by atoms with Gasteiger partial charge in [0.1, 0.15) is 17.4 Å². The van der Waals surface area contributed by atoms with Crippen LogP contribution in [0.25, 0.3) is 0 Å². The Morgan fingerprint density at radius 1 is 1.19 bits per heavy atom. The molecule has 2 rings (SSSR count). The maximum absolute atomic E-state index is 13.9. The fourth-order valence-corrected chi connectivity index (χ4v) is 2.34. The second-order valence-corrected chi connectivity index (χ2v) is 5.11. The van der Waals surface area contributed by atoms with E-state index in [4.69, 9.17) is 16.3 Å². The lowest BCUT2D eigenvalue weighted by Gasteiger charge is -2.18. The monoisotopic (exact) mass is 311 g/mol. The molecule has 2 aromatic rings. The largest absolute Gasteiger partial charge is 0.496 e. The minimum Gasteiger partial charge on any atom is -0.496 e. The molecule has 21 heavy (non-hydrogen) atoms. The first-order valence-electron chi connectivity index (χ1n) is 6.52. The number of hydrogen-bond acceptors (Lipinski definition) is 2. The van der Waals surface area contributed by atoms with E-state index in [2.05, 4.69) is 5.32 Å². The lowest BCUT2D eigenvalue weighted by Crippen LogP contribution is -2.20. The van der Waals surface area contributed by atoms with E-state index in [-0.39, 0.29) is 16.9 Å². The van der Waals surface area contributed by atoms with Crippen LogP contribution in [0.4, 0.5) is 8.78 Å². The van der Waals surface area contributed by atoms with Gasteiger partial charge in [-0.15, -0.1) is 0 Å². The summed E-state index contributed by atoms with van der Waals surface area (Å²) in [5, 5.41) is 3.25. The number of nitrogens with one attached hydrogen (secondary N) is 1. The van der Waals surface area contributed by atoms with Crippen LogP contribution in [-0.2, 0) is 6.54 Å². The Hall–Kier alpha value is -1.65. The summed E-state index contributed by atoms with van der Waals surface area (Å²) in [6.07, 6.45) is 0. The third kappa shape index (κ3) is 3.71. The average molecular weight is 312 g/mol. The fraction of sp³-hybridized carbons (Fsp3) is 0.250. The second-order valence-electron chi connectivity index (χ2n) is 4.71. The van der Waals surface area contributed by atoms with Crippen molar-refractivity contribution < 1.29 is 13.5 Å². The minimum atomic E-state index is -0.454. The van der Waals surface area contributed by atoms with Crippen LogP contribution >= 0.6 is 11.6 Å². The van der Waals surface area contributed by atoms with E-state index in [9.17, 15) is 8.78 Å². The van der Waals surface area contributed by atoms with Crippen molar-refractivity contribution >= 4 is 11.6 Å². The highest BCUT2D eigenvalue weighted by Gasteiger charge is 2.16. The van der Waals surface area contributed by atoms with Gasteiger partial charge < -0.3 is 10.1 Å². The fourth-order valence-electron chi connectivity index (χ4n) is 2.14. The van der Waals surface area contributed by atoms with Crippen molar-refractivity contribution in [1.29, 1.82) is 0 Å². The average Bonchev–Trinajstić information content (AvgIpc) is 2.47. The topological polar surface area (TPSA) is 21.3 Å². The summed E-state index contributed by atoms with van der Waals surface area (Å²) in [5.41, 5.74) is 1.29. The molecule has 0 bridgehead atoms. The van der Waals surface area contributed by atoms with Crippen molar-refractivity contribution in [2.45, 2.75) is 19.5 Å². The van der Waals surface area contributed by atoms with Gasteiger partial charge in [0.2, 0.25) is 0 Å². The zero-order chi connectivity index (χ0) is 15.4. The third-order valence-electron chi connectivity index (χ3n) is 3.26. The summed E-state index contributed by atoms with van der Waals surface area (Å²) in [6.45, 7) is 2.28. The molecular weight excluding hydrogens is 296 g/mol. The number of rotatable bonds is 5. The standard InChI is InChI=1S/C16H16ClF2NO/c1-10(16-14(19)4-3-5-15(16)21-2)20-9-11-6-7-13(18)12(17)8-11/h3-8,10,20H,9H2,1-2H3. The number of halogens is 3. The molecule has 1 atom stereocenters. The first kappa shape index (κ1) is 15.7. The first-order chi connectivity index (χ1) is 10.0. The Kier molecular flexibility index (Phi) is 5.15. The van der Waals surface area contributed by atoms with E-state index in [1.807, 2.05) is 6.92 Å². The Labute approximate surface area is 127 Å². The van der Waals surface area contributed by atoms with Gasteiger partial charge in [-0.3, -0.25) is 0 Å². The molecule has 112 valence electrons. The highest BCUT2D eigenvalue weighted by Crippen LogP contribution is 2.28. The highest BCUT2D eigenvalue weighted by atomic mass is 35.5. The number of methoxy groups -OCH3 is 1. The number of hydrogen-bond donors (Lipinski definition) is 1. The molecule has 0 fully saturated rings. The van der Waals surface area contributed by atoms with E-state index >= 15 is 0 Å². The normalized spacial score (nSPS) is 12.2. The molecular formula is C16H16ClF2NO.